The molecule has 4 aromatic carbocycles. The summed E-state index contributed by atoms with van der Waals surface area (Å²) in [5.74, 6) is 4.32. The molecule has 8 heteroatoms. The van der Waals surface area contributed by atoms with Crippen molar-refractivity contribution in [1.29, 1.82) is 0 Å². The quantitative estimate of drug-likeness (QED) is 0.271. The lowest BCUT2D eigenvalue weighted by Crippen LogP contribution is -2.34. The maximum atomic E-state index is 11.1. The van der Waals surface area contributed by atoms with E-state index < -0.39 is 0 Å². The Kier molecular flexibility index (Phi) is 7.71. The number of nitrogens with zero attached hydrogens (tertiary/aromatic N) is 2. The van der Waals surface area contributed by atoms with Crippen LogP contribution >= 0.6 is 0 Å². The van der Waals surface area contributed by atoms with Gasteiger partial charge in [-0.3, -0.25) is 9.80 Å². The maximum Gasteiger partial charge on any atom is 0.204 e. The highest BCUT2D eigenvalue weighted by Crippen LogP contribution is 2.51. The number of phenolic OH excluding ortho intramolecular Hbond substituents is 1. The van der Waals surface area contributed by atoms with Gasteiger partial charge in [-0.1, -0.05) is 18.2 Å². The van der Waals surface area contributed by atoms with Gasteiger partial charge in [0.25, 0.3) is 0 Å². The van der Waals surface area contributed by atoms with Gasteiger partial charge in [-0.2, -0.15) is 0 Å². The average Bonchev–Trinajstić information content (AvgIpc) is 3.04. The molecule has 0 saturated carbocycles. The molecule has 8 nitrogen and oxygen atoms in total. The molecule has 0 spiro atoms. The zero-order valence-corrected chi connectivity index (χ0v) is 26.6. The van der Waals surface area contributed by atoms with Crippen LogP contribution in [0.2, 0.25) is 0 Å². The van der Waals surface area contributed by atoms with Crippen molar-refractivity contribution < 1.29 is 28.8 Å². The molecule has 0 aliphatic carbocycles. The van der Waals surface area contributed by atoms with E-state index in [1.165, 1.54) is 11.1 Å². The predicted molar refractivity (Wildman–Crippen MR) is 173 cm³/mol. The normalized spacial score (nSPS) is 19.4. The molecule has 0 amide bonds. The summed E-state index contributed by atoms with van der Waals surface area (Å²) in [6.07, 6.45) is 3.20. The molecule has 45 heavy (non-hydrogen) atoms. The van der Waals surface area contributed by atoms with Gasteiger partial charge in [-0.25, -0.2) is 0 Å². The molecule has 4 aromatic rings. The van der Waals surface area contributed by atoms with Crippen molar-refractivity contribution in [2.75, 3.05) is 48.5 Å². The van der Waals surface area contributed by atoms with Crippen LogP contribution < -0.4 is 23.7 Å². The van der Waals surface area contributed by atoms with Crippen LogP contribution in [0.3, 0.4) is 0 Å². The van der Waals surface area contributed by atoms with Gasteiger partial charge in [0, 0.05) is 30.7 Å². The Morgan fingerprint density at radius 2 is 1.36 bits per heavy atom. The van der Waals surface area contributed by atoms with E-state index in [9.17, 15) is 5.11 Å². The summed E-state index contributed by atoms with van der Waals surface area (Å²) < 4.78 is 30.7. The molecule has 0 aromatic heterocycles. The van der Waals surface area contributed by atoms with Gasteiger partial charge < -0.3 is 28.8 Å². The first-order valence-electron chi connectivity index (χ1n) is 15.5. The highest BCUT2D eigenvalue weighted by Gasteiger charge is 2.34. The second-order valence-electron chi connectivity index (χ2n) is 12.3. The first kappa shape index (κ1) is 29.3. The average molecular weight is 609 g/mol. The predicted octanol–water partition coefficient (Wildman–Crippen LogP) is 6.86. The monoisotopic (exact) mass is 608 g/mol. The summed E-state index contributed by atoms with van der Waals surface area (Å²) in [4.78, 5) is 4.74. The number of fused-ring (bicyclic) bond motifs is 2. The van der Waals surface area contributed by atoms with E-state index >= 15 is 0 Å². The lowest BCUT2D eigenvalue weighted by Gasteiger charge is -2.37. The molecule has 1 N–H and O–H groups in total. The third kappa shape index (κ3) is 5.32. The zero-order valence-electron chi connectivity index (χ0n) is 26.6. The lowest BCUT2D eigenvalue weighted by molar-refractivity contribution is 0.220. The number of methoxy groups -OCH3 is 3. The Hall–Kier alpha value is -4.40. The van der Waals surface area contributed by atoms with Crippen molar-refractivity contribution in [3.05, 3.63) is 94.0 Å². The third-order valence-corrected chi connectivity index (χ3v) is 9.64. The van der Waals surface area contributed by atoms with Gasteiger partial charge in [0.2, 0.25) is 5.75 Å². The van der Waals surface area contributed by atoms with Crippen LogP contribution in [0.5, 0.6) is 46.0 Å². The number of likely N-dealkylation sites (N-methyl/N-ethyl adjacent to an activating group) is 2. The first-order valence-corrected chi connectivity index (χ1v) is 15.5. The highest BCUT2D eigenvalue weighted by molar-refractivity contribution is 5.63. The SMILES string of the molecule is COc1ccc2cc1Oc1ccc(cc1)CC1c3c(cc(O)c(OC)c3Oc3cc4c(cc3OC)CCN(C)[C@H]4C2)CCN1C. The Balaban J connectivity index is 1.45. The largest absolute Gasteiger partial charge is 0.504 e. The van der Waals surface area contributed by atoms with Gasteiger partial charge in [0.15, 0.2) is 34.5 Å². The Labute approximate surface area is 264 Å². The van der Waals surface area contributed by atoms with Crippen LogP contribution in [0.15, 0.2) is 60.7 Å². The molecule has 0 radical (unpaired) electrons. The van der Waals surface area contributed by atoms with Gasteiger partial charge in [0.1, 0.15) is 5.75 Å². The Bertz CT molecular complexity index is 1740. The fourth-order valence-corrected chi connectivity index (χ4v) is 7.14. The topological polar surface area (TPSA) is 72.9 Å². The number of hydrogen-bond acceptors (Lipinski definition) is 8. The van der Waals surface area contributed by atoms with Crippen LogP contribution in [-0.4, -0.2) is 63.4 Å². The summed E-state index contributed by atoms with van der Waals surface area (Å²) in [7, 11) is 9.23. The number of benzene rings is 4. The molecule has 4 aliphatic heterocycles. The van der Waals surface area contributed by atoms with Gasteiger partial charge in [0.05, 0.1) is 21.3 Å². The lowest BCUT2D eigenvalue weighted by atomic mass is 9.87. The van der Waals surface area contributed by atoms with Gasteiger partial charge >= 0.3 is 0 Å². The van der Waals surface area contributed by atoms with Crippen molar-refractivity contribution in [2.45, 2.75) is 37.8 Å². The molecule has 8 rings (SSSR count). The van der Waals surface area contributed by atoms with E-state index in [0.717, 1.165) is 66.8 Å². The molecule has 4 heterocycles. The minimum absolute atomic E-state index is 0.0109. The maximum absolute atomic E-state index is 11.1. The van der Waals surface area contributed by atoms with Crippen LogP contribution in [-0.2, 0) is 25.7 Å². The Morgan fingerprint density at radius 3 is 2.09 bits per heavy atom. The van der Waals surface area contributed by atoms with Crippen molar-refractivity contribution in [1.82, 2.24) is 9.80 Å². The number of phenols is 1. The van der Waals surface area contributed by atoms with Crippen LogP contribution in [0.25, 0.3) is 0 Å². The van der Waals surface area contributed by atoms with E-state index in [-0.39, 0.29) is 17.8 Å². The number of ether oxygens (including phenoxy) is 5. The molecule has 0 fully saturated rings. The van der Waals surface area contributed by atoms with Crippen molar-refractivity contribution in [3.8, 4) is 46.0 Å². The molecular weight excluding hydrogens is 568 g/mol. The molecule has 4 aliphatic rings. The smallest absolute Gasteiger partial charge is 0.204 e. The van der Waals surface area contributed by atoms with Crippen molar-refractivity contribution >= 4 is 0 Å². The van der Waals surface area contributed by atoms with E-state index in [1.807, 2.05) is 24.3 Å². The number of hydrogen-bond donors (Lipinski definition) is 1. The van der Waals surface area contributed by atoms with Crippen LogP contribution in [0.4, 0.5) is 0 Å². The number of aromatic hydroxyl groups is 1. The van der Waals surface area contributed by atoms with E-state index in [0.29, 0.717) is 34.5 Å². The number of rotatable bonds is 3. The van der Waals surface area contributed by atoms with Crippen LogP contribution in [0.1, 0.15) is 45.5 Å². The van der Waals surface area contributed by atoms with Crippen molar-refractivity contribution in [2.24, 2.45) is 0 Å². The van der Waals surface area contributed by atoms with Gasteiger partial charge in [-0.15, -0.1) is 0 Å². The molecule has 6 bridgehead atoms. The van der Waals surface area contributed by atoms with Crippen LogP contribution in [0, 0.1) is 0 Å². The third-order valence-electron chi connectivity index (χ3n) is 9.64. The second-order valence-corrected chi connectivity index (χ2v) is 12.3. The zero-order chi connectivity index (χ0) is 31.2. The fraction of sp³-hybridized carbons (Fsp3) is 0.351. The highest BCUT2D eigenvalue weighted by atomic mass is 16.5. The molecule has 0 saturated heterocycles. The van der Waals surface area contributed by atoms with Gasteiger partial charge in [-0.05, 0) is 110 Å². The minimum atomic E-state index is -0.0109. The van der Waals surface area contributed by atoms with E-state index in [1.54, 1.807) is 21.3 Å². The second kappa shape index (κ2) is 11.8. The summed E-state index contributed by atoms with van der Waals surface area (Å²) in [5, 5.41) is 11.1. The standard InChI is InChI=1S/C37H40N2O6/c1-38-14-12-24-20-32(42-4)34-21-27(24)28(38)17-23-8-11-31(41-3)33(18-23)44-26-9-6-22(7-10-26)16-29-35-25(13-15-39(29)2)19-30(40)36(43-5)37(35)45-34/h6-11,18-21,28-29,40H,12-17H2,1-5H3/t28-,29?/m0/s1. The summed E-state index contributed by atoms with van der Waals surface area (Å²) in [6, 6.07) is 20.6. The minimum Gasteiger partial charge on any atom is -0.504 e. The molecule has 1 unspecified atom stereocenters. The molecular formula is C37H40N2O6. The Morgan fingerprint density at radius 1 is 0.689 bits per heavy atom. The van der Waals surface area contributed by atoms with E-state index in [4.69, 9.17) is 23.7 Å². The van der Waals surface area contributed by atoms with Crippen molar-refractivity contribution in [3.63, 3.8) is 0 Å². The summed E-state index contributed by atoms with van der Waals surface area (Å²) in [6.45, 7) is 1.78. The molecule has 234 valence electrons. The molecule has 2 atom stereocenters. The summed E-state index contributed by atoms with van der Waals surface area (Å²) in [5.41, 5.74) is 6.80. The fourth-order valence-electron chi connectivity index (χ4n) is 7.14. The first-order chi connectivity index (χ1) is 21.9. The summed E-state index contributed by atoms with van der Waals surface area (Å²) >= 11 is 0. The van der Waals surface area contributed by atoms with E-state index in [2.05, 4.69) is 60.3 Å².